The fraction of sp³-hybridized carbons (Fsp3) is 0.368. The number of carbonyl (C=O) groups excluding carboxylic acids is 1. The van der Waals surface area contributed by atoms with Crippen molar-refractivity contribution in [1.29, 1.82) is 0 Å². The van der Waals surface area contributed by atoms with E-state index in [0.717, 1.165) is 24.9 Å². The number of aromatic nitrogens is 1. The average Bonchev–Trinajstić information content (AvgIpc) is 3.05. The molecule has 0 aliphatic carbocycles. The Morgan fingerprint density at radius 3 is 3.00 bits per heavy atom. The lowest BCUT2D eigenvalue weighted by Crippen LogP contribution is -2.29. The van der Waals surface area contributed by atoms with Crippen molar-refractivity contribution in [1.82, 2.24) is 9.88 Å². The number of aryl methyl sites for hydroxylation is 1. The van der Waals surface area contributed by atoms with Crippen molar-refractivity contribution in [2.45, 2.75) is 19.8 Å². The lowest BCUT2D eigenvalue weighted by Gasteiger charge is -2.17. The van der Waals surface area contributed by atoms with Crippen LogP contribution in [0.25, 0.3) is 0 Å². The fourth-order valence-electron chi connectivity index (χ4n) is 3.01. The van der Waals surface area contributed by atoms with Crippen LogP contribution >= 0.6 is 0 Å². The van der Waals surface area contributed by atoms with E-state index in [1.54, 1.807) is 30.6 Å². The standard InChI is InChI=1S/C19H21FN2O2/c1-14-6-9-21-12-16(14)19(23)22-10-7-15(13-22)8-11-24-18-5-3-2-4-17(18)20/h2-6,9,12,15H,7-8,10-11,13H2,1H3. The molecule has 1 aromatic heterocycles. The van der Waals surface area contributed by atoms with Gasteiger partial charge in [-0.25, -0.2) is 4.39 Å². The van der Waals surface area contributed by atoms with Crippen molar-refractivity contribution < 1.29 is 13.9 Å². The van der Waals surface area contributed by atoms with Crippen molar-refractivity contribution in [2.75, 3.05) is 19.7 Å². The maximum Gasteiger partial charge on any atom is 0.255 e. The predicted octanol–water partition coefficient (Wildman–Crippen LogP) is 3.46. The molecule has 0 radical (unpaired) electrons. The number of amides is 1. The van der Waals surface area contributed by atoms with Crippen LogP contribution in [-0.4, -0.2) is 35.5 Å². The number of carbonyl (C=O) groups is 1. The first kappa shape index (κ1) is 16.4. The summed E-state index contributed by atoms with van der Waals surface area (Å²) in [5.74, 6) is 0.373. The van der Waals surface area contributed by atoms with E-state index in [4.69, 9.17) is 4.74 Å². The van der Waals surface area contributed by atoms with Gasteiger partial charge in [0.15, 0.2) is 11.6 Å². The largest absolute Gasteiger partial charge is 0.491 e. The van der Waals surface area contributed by atoms with E-state index < -0.39 is 0 Å². The molecule has 4 nitrogen and oxygen atoms in total. The van der Waals surface area contributed by atoms with Crippen LogP contribution in [0.3, 0.4) is 0 Å². The molecule has 1 saturated heterocycles. The summed E-state index contributed by atoms with van der Waals surface area (Å²) in [5, 5.41) is 0. The molecule has 3 rings (SSSR count). The maximum atomic E-state index is 13.5. The first-order chi connectivity index (χ1) is 11.6. The highest BCUT2D eigenvalue weighted by Gasteiger charge is 2.27. The van der Waals surface area contributed by atoms with Crippen LogP contribution in [0.1, 0.15) is 28.8 Å². The number of hydrogen-bond donors (Lipinski definition) is 0. The first-order valence-corrected chi connectivity index (χ1v) is 8.22. The average molecular weight is 328 g/mol. The maximum absolute atomic E-state index is 13.5. The van der Waals surface area contributed by atoms with Crippen LogP contribution in [0.15, 0.2) is 42.7 Å². The second kappa shape index (κ2) is 7.43. The molecule has 1 aliphatic heterocycles. The summed E-state index contributed by atoms with van der Waals surface area (Å²) in [5.41, 5.74) is 1.61. The smallest absolute Gasteiger partial charge is 0.255 e. The highest BCUT2D eigenvalue weighted by atomic mass is 19.1. The Morgan fingerprint density at radius 1 is 1.38 bits per heavy atom. The molecular weight excluding hydrogens is 307 g/mol. The summed E-state index contributed by atoms with van der Waals surface area (Å²) in [6, 6.07) is 8.27. The Balaban J connectivity index is 1.50. The molecule has 1 unspecified atom stereocenters. The van der Waals surface area contributed by atoms with Gasteiger partial charge in [0.05, 0.1) is 12.2 Å². The highest BCUT2D eigenvalue weighted by Crippen LogP contribution is 2.23. The molecule has 2 heterocycles. The second-order valence-electron chi connectivity index (χ2n) is 6.16. The zero-order chi connectivity index (χ0) is 16.9. The zero-order valence-corrected chi connectivity index (χ0v) is 13.7. The summed E-state index contributed by atoms with van der Waals surface area (Å²) in [7, 11) is 0. The number of rotatable bonds is 5. The van der Waals surface area contributed by atoms with E-state index >= 15 is 0 Å². The summed E-state index contributed by atoms with van der Waals surface area (Å²) < 4.78 is 19.0. The molecule has 1 aromatic carbocycles. The predicted molar refractivity (Wildman–Crippen MR) is 89.5 cm³/mol. The third kappa shape index (κ3) is 3.72. The van der Waals surface area contributed by atoms with Crippen LogP contribution in [0, 0.1) is 18.7 Å². The lowest BCUT2D eigenvalue weighted by molar-refractivity contribution is 0.0784. The molecule has 1 atom stereocenters. The van der Waals surface area contributed by atoms with E-state index in [2.05, 4.69) is 4.98 Å². The number of pyridine rings is 1. The van der Waals surface area contributed by atoms with E-state index in [0.29, 0.717) is 24.6 Å². The molecule has 5 heteroatoms. The number of halogens is 1. The Hall–Kier alpha value is -2.43. The van der Waals surface area contributed by atoms with Gasteiger partial charge in [-0.2, -0.15) is 0 Å². The van der Waals surface area contributed by atoms with Gasteiger partial charge in [-0.1, -0.05) is 12.1 Å². The Bertz CT molecular complexity index is 720. The molecule has 2 aromatic rings. The minimum atomic E-state index is -0.340. The molecule has 1 amide bonds. The van der Waals surface area contributed by atoms with Crippen molar-refractivity contribution in [3.8, 4) is 5.75 Å². The Labute approximate surface area is 141 Å². The molecule has 0 N–H and O–H groups in total. The van der Waals surface area contributed by atoms with Crippen LogP contribution < -0.4 is 4.74 Å². The van der Waals surface area contributed by atoms with Gasteiger partial charge < -0.3 is 9.64 Å². The number of likely N-dealkylation sites (tertiary alicyclic amines) is 1. The van der Waals surface area contributed by atoms with Gasteiger partial charge in [0.25, 0.3) is 5.91 Å². The van der Waals surface area contributed by atoms with Gasteiger partial charge >= 0.3 is 0 Å². The summed E-state index contributed by atoms with van der Waals surface area (Å²) in [6.45, 7) is 3.84. The number of nitrogens with zero attached hydrogens (tertiary/aromatic N) is 2. The van der Waals surface area contributed by atoms with E-state index in [-0.39, 0.29) is 17.5 Å². The van der Waals surface area contributed by atoms with Crippen molar-refractivity contribution >= 4 is 5.91 Å². The van der Waals surface area contributed by atoms with Crippen molar-refractivity contribution in [3.63, 3.8) is 0 Å². The molecule has 0 bridgehead atoms. The van der Waals surface area contributed by atoms with Crippen molar-refractivity contribution in [2.24, 2.45) is 5.92 Å². The molecule has 24 heavy (non-hydrogen) atoms. The number of ether oxygens (including phenoxy) is 1. The number of para-hydroxylation sites is 1. The molecule has 0 saturated carbocycles. The van der Waals surface area contributed by atoms with Gasteiger partial charge in [-0.15, -0.1) is 0 Å². The third-order valence-electron chi connectivity index (χ3n) is 4.46. The summed E-state index contributed by atoms with van der Waals surface area (Å²) >= 11 is 0. The van der Waals surface area contributed by atoms with Crippen molar-refractivity contribution in [3.05, 3.63) is 59.7 Å². The Kier molecular flexibility index (Phi) is 5.08. The van der Waals surface area contributed by atoms with Gasteiger partial charge in [-0.05, 0) is 49.4 Å². The molecule has 126 valence electrons. The monoisotopic (exact) mass is 328 g/mol. The van der Waals surface area contributed by atoms with E-state index in [1.807, 2.05) is 17.9 Å². The third-order valence-corrected chi connectivity index (χ3v) is 4.46. The van der Waals surface area contributed by atoms with E-state index in [9.17, 15) is 9.18 Å². The summed E-state index contributed by atoms with van der Waals surface area (Å²) in [6.07, 6.45) is 5.08. The molecular formula is C19H21FN2O2. The number of hydrogen-bond acceptors (Lipinski definition) is 3. The first-order valence-electron chi connectivity index (χ1n) is 8.22. The quantitative estimate of drug-likeness (QED) is 0.844. The van der Waals surface area contributed by atoms with Crippen LogP contribution in [-0.2, 0) is 0 Å². The van der Waals surface area contributed by atoms with Gasteiger partial charge in [0.2, 0.25) is 0 Å². The SMILES string of the molecule is Cc1ccncc1C(=O)N1CCC(CCOc2ccccc2F)C1. The highest BCUT2D eigenvalue weighted by molar-refractivity contribution is 5.95. The topological polar surface area (TPSA) is 42.4 Å². The van der Waals surface area contributed by atoms with Gasteiger partial charge in [0, 0.05) is 25.5 Å². The van der Waals surface area contributed by atoms with Crippen LogP contribution in [0.5, 0.6) is 5.75 Å². The fourth-order valence-corrected chi connectivity index (χ4v) is 3.01. The van der Waals surface area contributed by atoms with E-state index in [1.165, 1.54) is 6.07 Å². The second-order valence-corrected chi connectivity index (χ2v) is 6.16. The van der Waals surface area contributed by atoms with Crippen LogP contribution in [0.4, 0.5) is 4.39 Å². The molecule has 1 fully saturated rings. The minimum Gasteiger partial charge on any atom is -0.491 e. The molecule has 1 aliphatic rings. The van der Waals surface area contributed by atoms with Gasteiger partial charge in [-0.3, -0.25) is 9.78 Å². The minimum absolute atomic E-state index is 0.0399. The van der Waals surface area contributed by atoms with Crippen LogP contribution in [0.2, 0.25) is 0 Å². The van der Waals surface area contributed by atoms with Gasteiger partial charge in [0.1, 0.15) is 0 Å². The molecule has 0 spiro atoms. The number of benzene rings is 1. The zero-order valence-electron chi connectivity index (χ0n) is 13.7. The Morgan fingerprint density at radius 2 is 2.21 bits per heavy atom. The normalized spacial score (nSPS) is 17.1. The lowest BCUT2D eigenvalue weighted by atomic mass is 10.1. The summed E-state index contributed by atoms with van der Waals surface area (Å²) in [4.78, 5) is 18.5.